The lowest BCUT2D eigenvalue weighted by Crippen LogP contribution is -2.24. The molecule has 7 nitrogen and oxygen atoms in total. The SMILES string of the molecule is Cc1cc(NC[C@@H]2Cc3ccccc3O2)nc(-c2cccc([N+](=O)[O-])c2)n1. The van der Waals surface area contributed by atoms with E-state index in [4.69, 9.17) is 4.74 Å². The zero-order valence-electron chi connectivity index (χ0n) is 14.8. The van der Waals surface area contributed by atoms with Gasteiger partial charge in [-0.2, -0.15) is 0 Å². The molecule has 136 valence electrons. The van der Waals surface area contributed by atoms with Gasteiger partial charge < -0.3 is 10.1 Å². The lowest BCUT2D eigenvalue weighted by Gasteiger charge is -2.13. The molecule has 0 fully saturated rings. The highest BCUT2D eigenvalue weighted by molar-refractivity contribution is 5.61. The average Bonchev–Trinajstić information content (AvgIpc) is 3.09. The minimum atomic E-state index is -0.423. The molecule has 1 aliphatic heterocycles. The van der Waals surface area contributed by atoms with Gasteiger partial charge in [-0.25, -0.2) is 9.97 Å². The van der Waals surface area contributed by atoms with Crippen molar-refractivity contribution < 1.29 is 9.66 Å². The topological polar surface area (TPSA) is 90.2 Å². The van der Waals surface area contributed by atoms with E-state index in [1.165, 1.54) is 17.7 Å². The van der Waals surface area contributed by atoms with Crippen LogP contribution in [0.1, 0.15) is 11.3 Å². The van der Waals surface area contributed by atoms with Crippen LogP contribution in [-0.2, 0) is 6.42 Å². The number of aryl methyl sites for hydroxylation is 1. The molecular formula is C20H18N4O3. The molecule has 1 aromatic heterocycles. The molecule has 2 aromatic carbocycles. The molecule has 0 bridgehead atoms. The summed E-state index contributed by atoms with van der Waals surface area (Å²) in [5.74, 6) is 2.06. The standard InChI is InChI=1S/C20H18N4O3/c1-13-9-19(21-12-17-11-14-5-2-3-8-18(14)27-17)23-20(22-13)15-6-4-7-16(10-15)24(25)26/h2-10,17H,11-12H2,1H3,(H,21,22,23)/t17-/m0/s1. The van der Waals surface area contributed by atoms with Crippen LogP contribution >= 0.6 is 0 Å². The summed E-state index contributed by atoms with van der Waals surface area (Å²) in [5, 5.41) is 14.3. The van der Waals surface area contributed by atoms with Crippen LogP contribution in [0.25, 0.3) is 11.4 Å². The molecule has 0 aliphatic carbocycles. The van der Waals surface area contributed by atoms with Crippen LogP contribution in [0.5, 0.6) is 5.75 Å². The maximum absolute atomic E-state index is 11.0. The lowest BCUT2D eigenvalue weighted by molar-refractivity contribution is -0.384. The fourth-order valence-corrected chi connectivity index (χ4v) is 3.13. The molecule has 7 heteroatoms. The molecule has 4 rings (SSSR count). The van der Waals surface area contributed by atoms with Gasteiger partial charge in [-0.3, -0.25) is 10.1 Å². The third-order valence-electron chi connectivity index (χ3n) is 4.39. The van der Waals surface area contributed by atoms with Crippen molar-refractivity contribution in [1.82, 2.24) is 9.97 Å². The Morgan fingerprint density at radius 2 is 2.04 bits per heavy atom. The van der Waals surface area contributed by atoms with Crippen LogP contribution in [0, 0.1) is 17.0 Å². The number of nitrogens with one attached hydrogen (secondary N) is 1. The summed E-state index contributed by atoms with van der Waals surface area (Å²) in [5.41, 5.74) is 2.62. The fourth-order valence-electron chi connectivity index (χ4n) is 3.13. The zero-order chi connectivity index (χ0) is 18.8. The molecule has 0 amide bonds. The first-order chi connectivity index (χ1) is 13.1. The molecule has 1 aliphatic rings. The number of nitrogens with zero attached hydrogens (tertiary/aromatic N) is 3. The van der Waals surface area contributed by atoms with Gasteiger partial charge >= 0.3 is 0 Å². The van der Waals surface area contributed by atoms with Gasteiger partial charge in [0.15, 0.2) is 5.82 Å². The van der Waals surface area contributed by atoms with Gasteiger partial charge in [-0.15, -0.1) is 0 Å². The van der Waals surface area contributed by atoms with E-state index in [0.29, 0.717) is 23.8 Å². The van der Waals surface area contributed by atoms with Crippen LogP contribution in [-0.4, -0.2) is 27.5 Å². The van der Waals surface area contributed by atoms with Crippen molar-refractivity contribution in [3.8, 4) is 17.1 Å². The van der Waals surface area contributed by atoms with E-state index in [-0.39, 0.29) is 11.8 Å². The summed E-state index contributed by atoms with van der Waals surface area (Å²) in [4.78, 5) is 19.5. The Kier molecular flexibility index (Phi) is 4.42. The summed E-state index contributed by atoms with van der Waals surface area (Å²) in [6, 6.07) is 16.2. The third-order valence-corrected chi connectivity index (χ3v) is 4.39. The molecule has 1 atom stereocenters. The number of hydrogen-bond acceptors (Lipinski definition) is 6. The molecule has 27 heavy (non-hydrogen) atoms. The minimum absolute atomic E-state index is 0.0178. The summed E-state index contributed by atoms with van der Waals surface area (Å²) in [6.45, 7) is 2.48. The molecule has 0 spiro atoms. The van der Waals surface area contributed by atoms with E-state index in [2.05, 4.69) is 21.4 Å². The first-order valence-corrected chi connectivity index (χ1v) is 8.67. The molecule has 0 saturated carbocycles. The molecule has 0 radical (unpaired) electrons. The predicted octanol–water partition coefficient (Wildman–Crippen LogP) is 3.78. The van der Waals surface area contributed by atoms with E-state index < -0.39 is 4.92 Å². The van der Waals surface area contributed by atoms with Crippen LogP contribution in [0.15, 0.2) is 54.6 Å². The minimum Gasteiger partial charge on any atom is -0.488 e. The van der Waals surface area contributed by atoms with Gasteiger partial charge in [0.1, 0.15) is 17.7 Å². The second kappa shape index (κ2) is 7.03. The molecule has 2 heterocycles. The van der Waals surface area contributed by atoms with Crippen molar-refractivity contribution >= 4 is 11.5 Å². The second-order valence-electron chi connectivity index (χ2n) is 6.46. The van der Waals surface area contributed by atoms with Crippen LogP contribution in [0.4, 0.5) is 11.5 Å². The van der Waals surface area contributed by atoms with Crippen LogP contribution in [0.2, 0.25) is 0 Å². The quantitative estimate of drug-likeness (QED) is 0.549. The number of aromatic nitrogens is 2. The smallest absolute Gasteiger partial charge is 0.270 e. The molecule has 3 aromatic rings. The summed E-state index contributed by atoms with van der Waals surface area (Å²) in [6.07, 6.45) is 0.893. The maximum Gasteiger partial charge on any atom is 0.270 e. The van der Waals surface area contributed by atoms with Crippen LogP contribution in [0.3, 0.4) is 0 Å². The third kappa shape index (κ3) is 3.72. The summed E-state index contributed by atoms with van der Waals surface area (Å²) < 4.78 is 5.93. The Labute approximate surface area is 156 Å². The van der Waals surface area contributed by atoms with Gasteiger partial charge in [-0.05, 0) is 18.6 Å². The van der Waals surface area contributed by atoms with Crippen LogP contribution < -0.4 is 10.1 Å². The van der Waals surface area contributed by atoms with Gasteiger partial charge in [-0.1, -0.05) is 30.3 Å². The number of fused-ring (bicyclic) bond motifs is 1. The van der Waals surface area contributed by atoms with Crippen molar-refractivity contribution in [3.05, 3.63) is 76.0 Å². The second-order valence-corrected chi connectivity index (χ2v) is 6.46. The van der Waals surface area contributed by atoms with E-state index >= 15 is 0 Å². The fraction of sp³-hybridized carbons (Fsp3) is 0.200. The van der Waals surface area contributed by atoms with E-state index in [0.717, 1.165) is 17.9 Å². The van der Waals surface area contributed by atoms with Crippen molar-refractivity contribution in [2.45, 2.75) is 19.4 Å². The van der Waals surface area contributed by atoms with Crippen molar-refractivity contribution in [2.75, 3.05) is 11.9 Å². The molecular weight excluding hydrogens is 344 g/mol. The number of ether oxygens (including phenoxy) is 1. The van der Waals surface area contributed by atoms with Gasteiger partial charge in [0, 0.05) is 35.9 Å². The van der Waals surface area contributed by atoms with Gasteiger partial charge in [0.25, 0.3) is 5.69 Å². The zero-order valence-corrected chi connectivity index (χ0v) is 14.8. The number of hydrogen-bond donors (Lipinski definition) is 1. The normalized spacial score (nSPS) is 15.1. The van der Waals surface area contributed by atoms with Crippen molar-refractivity contribution in [3.63, 3.8) is 0 Å². The Bertz CT molecular complexity index is 981. The Balaban J connectivity index is 1.50. The maximum atomic E-state index is 11.0. The number of para-hydroxylation sites is 1. The largest absolute Gasteiger partial charge is 0.488 e. The molecule has 0 unspecified atom stereocenters. The first-order valence-electron chi connectivity index (χ1n) is 8.67. The van der Waals surface area contributed by atoms with Gasteiger partial charge in [0.05, 0.1) is 11.5 Å². The monoisotopic (exact) mass is 362 g/mol. The predicted molar refractivity (Wildman–Crippen MR) is 102 cm³/mol. The average molecular weight is 362 g/mol. The first kappa shape index (κ1) is 17.0. The Hall–Kier alpha value is -3.48. The highest BCUT2D eigenvalue weighted by Gasteiger charge is 2.22. The number of nitro groups is 1. The number of rotatable bonds is 5. The Morgan fingerprint density at radius 3 is 2.85 bits per heavy atom. The highest BCUT2D eigenvalue weighted by Crippen LogP contribution is 2.28. The molecule has 0 saturated heterocycles. The number of nitro benzene ring substituents is 1. The summed E-state index contributed by atoms with van der Waals surface area (Å²) in [7, 11) is 0. The van der Waals surface area contributed by atoms with Crippen molar-refractivity contribution in [2.24, 2.45) is 0 Å². The number of non-ortho nitro benzene ring substituents is 1. The van der Waals surface area contributed by atoms with Gasteiger partial charge in [0.2, 0.25) is 0 Å². The van der Waals surface area contributed by atoms with E-state index in [1.54, 1.807) is 12.1 Å². The molecule has 1 N–H and O–H groups in total. The highest BCUT2D eigenvalue weighted by atomic mass is 16.6. The van der Waals surface area contributed by atoms with E-state index in [1.807, 2.05) is 31.2 Å². The number of anilines is 1. The number of benzene rings is 2. The van der Waals surface area contributed by atoms with E-state index in [9.17, 15) is 10.1 Å². The lowest BCUT2D eigenvalue weighted by atomic mass is 10.1. The van der Waals surface area contributed by atoms with Crippen molar-refractivity contribution in [1.29, 1.82) is 0 Å². The Morgan fingerprint density at radius 1 is 1.19 bits per heavy atom. The summed E-state index contributed by atoms with van der Waals surface area (Å²) >= 11 is 0.